The zero-order valence-electron chi connectivity index (χ0n) is 10.1. The molecule has 94 valence electrons. The molecule has 2 N–H and O–H groups in total. The van der Waals surface area contributed by atoms with E-state index in [1.807, 2.05) is 17.6 Å². The molecule has 1 aromatic heterocycles. The normalized spacial score (nSPS) is 18.6. The summed E-state index contributed by atoms with van der Waals surface area (Å²) in [6.45, 7) is 0.795. The van der Waals surface area contributed by atoms with E-state index < -0.39 is 0 Å². The molecule has 0 radical (unpaired) electrons. The van der Waals surface area contributed by atoms with E-state index in [9.17, 15) is 5.11 Å². The molecule has 1 unspecified atom stereocenters. The second kappa shape index (κ2) is 5.08. The summed E-state index contributed by atoms with van der Waals surface area (Å²) < 4.78 is 0. The average molecular weight is 260 g/mol. The van der Waals surface area contributed by atoms with E-state index >= 15 is 0 Å². The lowest BCUT2D eigenvalue weighted by molar-refractivity contribution is 0.444. The van der Waals surface area contributed by atoms with Gasteiger partial charge in [0.2, 0.25) is 0 Å². The molecule has 18 heavy (non-hydrogen) atoms. The van der Waals surface area contributed by atoms with Crippen LogP contribution in [-0.2, 0) is 13.0 Å². The van der Waals surface area contributed by atoms with Crippen molar-refractivity contribution in [1.82, 2.24) is 10.3 Å². The van der Waals surface area contributed by atoms with Gasteiger partial charge in [0, 0.05) is 18.0 Å². The smallest absolute Gasteiger partial charge is 0.115 e. The van der Waals surface area contributed by atoms with Crippen molar-refractivity contribution < 1.29 is 5.11 Å². The molecule has 0 aliphatic heterocycles. The highest BCUT2D eigenvalue weighted by Crippen LogP contribution is 2.32. The van der Waals surface area contributed by atoms with E-state index in [0.717, 1.165) is 25.1 Å². The Morgan fingerprint density at radius 3 is 3.22 bits per heavy atom. The fraction of sp³-hybridized carbons (Fsp3) is 0.357. The van der Waals surface area contributed by atoms with Crippen LogP contribution >= 0.6 is 11.3 Å². The van der Waals surface area contributed by atoms with Gasteiger partial charge in [-0.3, -0.25) is 0 Å². The fourth-order valence-corrected chi connectivity index (χ4v) is 3.11. The standard InChI is InChI=1S/C14H16N2OS/c17-12-5-4-10-2-1-3-14(13(10)6-12)15-7-11-8-18-9-16-11/h4-6,8-9,14-15,17H,1-3,7H2. The number of nitrogens with one attached hydrogen (secondary N) is 1. The van der Waals surface area contributed by atoms with Crippen molar-refractivity contribution in [3.63, 3.8) is 0 Å². The minimum absolute atomic E-state index is 0.336. The Balaban J connectivity index is 1.76. The van der Waals surface area contributed by atoms with Crippen LogP contribution in [-0.4, -0.2) is 10.1 Å². The van der Waals surface area contributed by atoms with Gasteiger partial charge in [-0.05, 0) is 42.5 Å². The van der Waals surface area contributed by atoms with Crippen LogP contribution in [0.1, 0.15) is 35.7 Å². The number of thiazole rings is 1. The number of phenols is 1. The van der Waals surface area contributed by atoms with Crippen LogP contribution in [0.4, 0.5) is 0 Å². The maximum atomic E-state index is 9.62. The van der Waals surface area contributed by atoms with E-state index in [-0.39, 0.29) is 0 Å². The Kier molecular flexibility index (Phi) is 3.30. The predicted molar refractivity (Wildman–Crippen MR) is 72.7 cm³/mol. The molecule has 0 bridgehead atoms. The quantitative estimate of drug-likeness (QED) is 0.891. The van der Waals surface area contributed by atoms with Crippen LogP contribution in [0.2, 0.25) is 0 Å². The fourth-order valence-electron chi connectivity index (χ4n) is 2.55. The molecule has 0 spiro atoms. The lowest BCUT2D eigenvalue weighted by Crippen LogP contribution is -2.24. The van der Waals surface area contributed by atoms with Gasteiger partial charge in [0.25, 0.3) is 0 Å². The van der Waals surface area contributed by atoms with Crippen LogP contribution in [0, 0.1) is 0 Å². The van der Waals surface area contributed by atoms with E-state index in [1.165, 1.54) is 17.5 Å². The van der Waals surface area contributed by atoms with Crippen LogP contribution in [0.5, 0.6) is 5.75 Å². The zero-order valence-corrected chi connectivity index (χ0v) is 10.9. The number of aryl methyl sites for hydroxylation is 1. The maximum absolute atomic E-state index is 9.62. The number of hydrogen-bond acceptors (Lipinski definition) is 4. The minimum atomic E-state index is 0.336. The maximum Gasteiger partial charge on any atom is 0.115 e. The molecule has 0 saturated heterocycles. The lowest BCUT2D eigenvalue weighted by Gasteiger charge is -2.26. The second-order valence-electron chi connectivity index (χ2n) is 4.69. The Labute approximate surface area is 111 Å². The first-order chi connectivity index (χ1) is 8.83. The summed E-state index contributed by atoms with van der Waals surface area (Å²) in [5.41, 5.74) is 5.55. The molecule has 1 aliphatic carbocycles. The SMILES string of the molecule is Oc1ccc2c(c1)C(NCc1cscn1)CCC2. The summed E-state index contributed by atoms with van der Waals surface area (Å²) in [4.78, 5) is 4.28. The Morgan fingerprint density at radius 2 is 2.39 bits per heavy atom. The van der Waals surface area contributed by atoms with Crippen molar-refractivity contribution >= 4 is 11.3 Å². The molecule has 1 atom stereocenters. The van der Waals surface area contributed by atoms with Crippen molar-refractivity contribution in [2.75, 3.05) is 0 Å². The molecule has 4 heteroatoms. The molecule has 1 aromatic carbocycles. The average Bonchev–Trinajstić information content (AvgIpc) is 2.89. The summed E-state index contributed by atoms with van der Waals surface area (Å²) >= 11 is 1.62. The number of rotatable bonds is 3. The topological polar surface area (TPSA) is 45.1 Å². The highest BCUT2D eigenvalue weighted by atomic mass is 32.1. The van der Waals surface area contributed by atoms with Crippen LogP contribution in [0.3, 0.4) is 0 Å². The van der Waals surface area contributed by atoms with Gasteiger partial charge in [0.05, 0.1) is 11.2 Å². The largest absolute Gasteiger partial charge is 0.508 e. The predicted octanol–water partition coefficient (Wildman–Crippen LogP) is 3.02. The van der Waals surface area contributed by atoms with Crippen molar-refractivity contribution in [3.8, 4) is 5.75 Å². The number of benzene rings is 1. The van der Waals surface area contributed by atoms with Crippen LogP contribution in [0.25, 0.3) is 0 Å². The number of nitrogens with zero attached hydrogens (tertiary/aromatic N) is 1. The molecule has 1 heterocycles. The number of hydrogen-bond donors (Lipinski definition) is 2. The van der Waals surface area contributed by atoms with Crippen molar-refractivity contribution in [1.29, 1.82) is 0 Å². The van der Waals surface area contributed by atoms with Gasteiger partial charge in [0.1, 0.15) is 5.75 Å². The van der Waals surface area contributed by atoms with Gasteiger partial charge in [-0.25, -0.2) is 4.98 Å². The summed E-state index contributed by atoms with van der Waals surface area (Å²) in [5, 5.41) is 15.2. The first kappa shape index (κ1) is 11.7. The van der Waals surface area contributed by atoms with Gasteiger partial charge >= 0.3 is 0 Å². The monoisotopic (exact) mass is 260 g/mol. The Bertz CT molecular complexity index is 525. The van der Waals surface area contributed by atoms with Crippen LogP contribution < -0.4 is 5.32 Å². The first-order valence-corrected chi connectivity index (χ1v) is 7.19. The molecular weight excluding hydrogens is 244 g/mol. The van der Waals surface area contributed by atoms with Crippen molar-refractivity contribution in [2.24, 2.45) is 0 Å². The van der Waals surface area contributed by atoms with Gasteiger partial charge < -0.3 is 10.4 Å². The van der Waals surface area contributed by atoms with E-state index in [0.29, 0.717) is 11.8 Å². The second-order valence-corrected chi connectivity index (χ2v) is 5.41. The summed E-state index contributed by atoms with van der Waals surface area (Å²) in [6.07, 6.45) is 3.44. The summed E-state index contributed by atoms with van der Waals surface area (Å²) in [6, 6.07) is 6.05. The molecule has 0 amide bonds. The molecule has 2 aromatic rings. The minimum Gasteiger partial charge on any atom is -0.508 e. The third-order valence-electron chi connectivity index (χ3n) is 3.46. The zero-order chi connectivity index (χ0) is 12.4. The first-order valence-electron chi connectivity index (χ1n) is 6.25. The molecular formula is C14H16N2OS. The van der Waals surface area contributed by atoms with Gasteiger partial charge in [0.15, 0.2) is 0 Å². The number of aromatic hydroxyl groups is 1. The highest BCUT2D eigenvalue weighted by molar-refractivity contribution is 7.07. The third kappa shape index (κ3) is 2.40. The summed E-state index contributed by atoms with van der Waals surface area (Å²) in [7, 11) is 0. The van der Waals surface area contributed by atoms with Crippen molar-refractivity contribution in [3.05, 3.63) is 45.9 Å². The van der Waals surface area contributed by atoms with E-state index in [1.54, 1.807) is 17.4 Å². The van der Waals surface area contributed by atoms with E-state index in [2.05, 4.69) is 15.7 Å². The molecule has 1 aliphatic rings. The van der Waals surface area contributed by atoms with Crippen LogP contribution in [0.15, 0.2) is 29.1 Å². The third-order valence-corrected chi connectivity index (χ3v) is 4.09. The Hall–Kier alpha value is -1.39. The molecule has 3 rings (SSSR count). The number of aromatic nitrogens is 1. The summed E-state index contributed by atoms with van der Waals surface area (Å²) in [5.74, 6) is 0.358. The lowest BCUT2D eigenvalue weighted by atomic mass is 9.87. The highest BCUT2D eigenvalue weighted by Gasteiger charge is 2.20. The van der Waals surface area contributed by atoms with Gasteiger partial charge in [-0.1, -0.05) is 6.07 Å². The van der Waals surface area contributed by atoms with Crippen molar-refractivity contribution in [2.45, 2.75) is 31.8 Å². The number of fused-ring (bicyclic) bond motifs is 1. The van der Waals surface area contributed by atoms with Gasteiger partial charge in [-0.2, -0.15) is 0 Å². The number of phenolic OH excluding ortho intramolecular Hbond substituents is 1. The van der Waals surface area contributed by atoms with E-state index in [4.69, 9.17) is 0 Å². The Morgan fingerprint density at radius 1 is 1.44 bits per heavy atom. The molecule has 0 saturated carbocycles. The molecule has 3 nitrogen and oxygen atoms in total. The molecule has 0 fully saturated rings. The van der Waals surface area contributed by atoms with Gasteiger partial charge in [-0.15, -0.1) is 11.3 Å².